The maximum Gasteiger partial charge on any atom is 0.279 e. The van der Waals surface area contributed by atoms with Gasteiger partial charge in [-0.2, -0.15) is 0 Å². The summed E-state index contributed by atoms with van der Waals surface area (Å²) in [5.74, 6) is -0.447. The molecule has 5 nitrogen and oxygen atoms in total. The van der Waals surface area contributed by atoms with Crippen LogP contribution in [0.1, 0.15) is 24.3 Å². The molecule has 0 aromatic carbocycles. The van der Waals surface area contributed by atoms with Gasteiger partial charge in [0.05, 0.1) is 0 Å². The standard InChI is InChI=1S/C8H11N3O2/c1-5(2)11-8(13)6-7(12)10-4-3-9-6/h3-5H,1-2H3,(H,10,12)(H,11,13). The molecular formula is C8H11N3O2. The Hall–Kier alpha value is -1.65. The average Bonchev–Trinajstić information content (AvgIpc) is 2.03. The molecule has 0 fully saturated rings. The van der Waals surface area contributed by atoms with Crippen molar-refractivity contribution in [2.24, 2.45) is 0 Å². The van der Waals surface area contributed by atoms with Gasteiger partial charge in [0.15, 0.2) is 5.69 Å². The highest BCUT2D eigenvalue weighted by Gasteiger charge is 2.11. The lowest BCUT2D eigenvalue weighted by atomic mass is 10.3. The molecule has 2 N–H and O–H groups in total. The molecule has 5 heteroatoms. The number of aromatic nitrogens is 2. The molecule has 0 saturated heterocycles. The van der Waals surface area contributed by atoms with Crippen LogP contribution in [0.3, 0.4) is 0 Å². The van der Waals surface area contributed by atoms with Gasteiger partial charge >= 0.3 is 0 Å². The lowest BCUT2D eigenvalue weighted by Crippen LogP contribution is -2.35. The van der Waals surface area contributed by atoms with Gasteiger partial charge in [-0.25, -0.2) is 4.98 Å². The summed E-state index contributed by atoms with van der Waals surface area (Å²) in [4.78, 5) is 28.4. The van der Waals surface area contributed by atoms with Crippen LogP contribution in [0.25, 0.3) is 0 Å². The van der Waals surface area contributed by atoms with Crippen molar-refractivity contribution in [1.82, 2.24) is 15.3 Å². The molecule has 1 aromatic rings. The lowest BCUT2D eigenvalue weighted by molar-refractivity contribution is 0.0936. The molecule has 0 radical (unpaired) electrons. The second-order valence-electron chi connectivity index (χ2n) is 2.90. The van der Waals surface area contributed by atoms with E-state index < -0.39 is 11.5 Å². The van der Waals surface area contributed by atoms with Crippen LogP contribution in [0, 0.1) is 0 Å². The number of H-pyrrole nitrogens is 1. The number of amides is 1. The lowest BCUT2D eigenvalue weighted by Gasteiger charge is -2.05. The number of hydrogen-bond donors (Lipinski definition) is 2. The maximum absolute atomic E-state index is 11.3. The molecule has 1 aromatic heterocycles. The van der Waals surface area contributed by atoms with E-state index in [0.717, 1.165) is 0 Å². The van der Waals surface area contributed by atoms with E-state index in [4.69, 9.17) is 0 Å². The molecule has 0 bridgehead atoms. The van der Waals surface area contributed by atoms with Gasteiger partial charge in [-0.1, -0.05) is 0 Å². The first-order chi connectivity index (χ1) is 6.11. The molecule has 1 rings (SSSR count). The number of carbonyl (C=O) groups excluding carboxylic acids is 1. The topological polar surface area (TPSA) is 74.8 Å². The fraction of sp³-hybridized carbons (Fsp3) is 0.375. The zero-order valence-corrected chi connectivity index (χ0v) is 7.50. The Morgan fingerprint density at radius 2 is 2.31 bits per heavy atom. The first-order valence-electron chi connectivity index (χ1n) is 3.96. The van der Waals surface area contributed by atoms with Crippen molar-refractivity contribution >= 4 is 5.91 Å². The van der Waals surface area contributed by atoms with Crippen LogP contribution in [0.5, 0.6) is 0 Å². The van der Waals surface area contributed by atoms with Crippen LogP contribution in [0.2, 0.25) is 0 Å². The summed E-state index contributed by atoms with van der Waals surface area (Å²) in [5, 5.41) is 2.58. The second kappa shape index (κ2) is 3.84. The van der Waals surface area contributed by atoms with E-state index in [1.807, 2.05) is 13.8 Å². The molecule has 0 spiro atoms. The zero-order chi connectivity index (χ0) is 9.84. The van der Waals surface area contributed by atoms with Crippen molar-refractivity contribution < 1.29 is 4.79 Å². The zero-order valence-electron chi connectivity index (χ0n) is 7.50. The predicted octanol–water partition coefficient (Wildman–Crippen LogP) is -0.0919. The number of aromatic amines is 1. The summed E-state index contributed by atoms with van der Waals surface area (Å²) in [6.45, 7) is 3.63. The number of hydrogen-bond acceptors (Lipinski definition) is 3. The van der Waals surface area contributed by atoms with E-state index in [2.05, 4.69) is 15.3 Å². The van der Waals surface area contributed by atoms with Crippen molar-refractivity contribution in [2.75, 3.05) is 0 Å². The van der Waals surface area contributed by atoms with Crippen molar-refractivity contribution in [3.05, 3.63) is 28.4 Å². The fourth-order valence-corrected chi connectivity index (χ4v) is 0.844. The van der Waals surface area contributed by atoms with Gasteiger partial charge in [0.1, 0.15) is 0 Å². The van der Waals surface area contributed by atoms with Crippen molar-refractivity contribution in [2.45, 2.75) is 19.9 Å². The van der Waals surface area contributed by atoms with Crippen LogP contribution >= 0.6 is 0 Å². The first kappa shape index (κ1) is 9.44. The van der Waals surface area contributed by atoms with Gasteiger partial charge in [0.25, 0.3) is 11.5 Å². The molecule has 0 aliphatic heterocycles. The monoisotopic (exact) mass is 181 g/mol. The Bertz CT molecular complexity index is 356. The molecule has 0 atom stereocenters. The molecule has 0 aliphatic carbocycles. The molecule has 70 valence electrons. The van der Waals surface area contributed by atoms with E-state index in [0.29, 0.717) is 0 Å². The summed E-state index contributed by atoms with van der Waals surface area (Å²) in [6.07, 6.45) is 2.76. The summed E-state index contributed by atoms with van der Waals surface area (Å²) in [6, 6.07) is -0.00564. The van der Waals surface area contributed by atoms with Gasteiger partial charge in [-0.3, -0.25) is 9.59 Å². The average molecular weight is 181 g/mol. The number of nitrogens with one attached hydrogen (secondary N) is 2. The van der Waals surface area contributed by atoms with Gasteiger partial charge in [-0.15, -0.1) is 0 Å². The van der Waals surface area contributed by atoms with E-state index in [1.165, 1.54) is 12.4 Å². The largest absolute Gasteiger partial charge is 0.348 e. The molecule has 13 heavy (non-hydrogen) atoms. The van der Waals surface area contributed by atoms with E-state index >= 15 is 0 Å². The van der Waals surface area contributed by atoms with Crippen molar-refractivity contribution in [3.63, 3.8) is 0 Å². The summed E-state index contributed by atoms with van der Waals surface area (Å²) in [7, 11) is 0. The third-order valence-corrected chi connectivity index (χ3v) is 1.34. The Kier molecular flexibility index (Phi) is 2.79. The molecule has 0 aliphatic rings. The minimum Gasteiger partial charge on any atom is -0.348 e. The maximum atomic E-state index is 11.3. The third-order valence-electron chi connectivity index (χ3n) is 1.34. The van der Waals surface area contributed by atoms with Crippen LogP contribution in [-0.2, 0) is 0 Å². The van der Waals surface area contributed by atoms with Crippen molar-refractivity contribution in [3.8, 4) is 0 Å². The van der Waals surface area contributed by atoms with Gasteiger partial charge in [0, 0.05) is 18.4 Å². The third kappa shape index (κ3) is 2.40. The van der Waals surface area contributed by atoms with Crippen LogP contribution in [-0.4, -0.2) is 21.9 Å². The molecule has 1 heterocycles. The van der Waals surface area contributed by atoms with Gasteiger partial charge in [-0.05, 0) is 13.8 Å². The summed E-state index contributed by atoms with van der Waals surface area (Å²) in [5.41, 5.74) is -0.572. The quantitative estimate of drug-likeness (QED) is 0.669. The number of nitrogens with zero attached hydrogens (tertiary/aromatic N) is 1. The Labute approximate surface area is 75.2 Å². The number of carbonyl (C=O) groups is 1. The van der Waals surface area contributed by atoms with E-state index in [9.17, 15) is 9.59 Å². The highest BCUT2D eigenvalue weighted by Crippen LogP contribution is 1.85. The number of rotatable bonds is 2. The summed E-state index contributed by atoms with van der Waals surface area (Å²) >= 11 is 0. The minimum atomic E-state index is -0.472. The normalized spacial score (nSPS) is 10.1. The first-order valence-corrected chi connectivity index (χ1v) is 3.96. The predicted molar refractivity (Wildman–Crippen MR) is 47.5 cm³/mol. The highest BCUT2D eigenvalue weighted by atomic mass is 16.2. The van der Waals surface area contributed by atoms with Gasteiger partial charge in [0.2, 0.25) is 0 Å². The molecule has 1 amide bonds. The van der Waals surface area contributed by atoms with E-state index in [1.54, 1.807) is 0 Å². The molecular weight excluding hydrogens is 170 g/mol. The Morgan fingerprint density at radius 3 is 2.85 bits per heavy atom. The van der Waals surface area contributed by atoms with Crippen LogP contribution in [0.15, 0.2) is 17.2 Å². The summed E-state index contributed by atoms with van der Waals surface area (Å²) < 4.78 is 0. The van der Waals surface area contributed by atoms with Crippen LogP contribution < -0.4 is 10.9 Å². The Morgan fingerprint density at radius 1 is 1.62 bits per heavy atom. The minimum absolute atomic E-state index is 0.00564. The van der Waals surface area contributed by atoms with Crippen LogP contribution in [0.4, 0.5) is 0 Å². The molecule has 0 saturated carbocycles. The van der Waals surface area contributed by atoms with Gasteiger partial charge < -0.3 is 10.3 Å². The molecule has 0 unspecified atom stereocenters. The van der Waals surface area contributed by atoms with E-state index in [-0.39, 0.29) is 11.7 Å². The smallest absolute Gasteiger partial charge is 0.279 e. The SMILES string of the molecule is CC(C)NC(=O)c1ncc[nH]c1=O. The fourth-order valence-electron chi connectivity index (χ4n) is 0.844. The second-order valence-corrected chi connectivity index (χ2v) is 2.90. The Balaban J connectivity index is 2.90. The highest BCUT2D eigenvalue weighted by molar-refractivity contribution is 5.91. The van der Waals surface area contributed by atoms with Crippen molar-refractivity contribution in [1.29, 1.82) is 0 Å².